The van der Waals surface area contributed by atoms with Gasteiger partial charge in [0.2, 0.25) is 0 Å². The van der Waals surface area contributed by atoms with Crippen LogP contribution in [0.3, 0.4) is 0 Å². The SMILES string of the molecule is CC[C@@H](CS(=O)(=O)CCCO)c1ccccc1. The molecule has 0 radical (unpaired) electrons. The minimum atomic E-state index is -3.06. The number of benzene rings is 1. The lowest BCUT2D eigenvalue weighted by molar-refractivity contribution is 0.295. The van der Waals surface area contributed by atoms with Crippen molar-refractivity contribution in [2.24, 2.45) is 0 Å². The van der Waals surface area contributed by atoms with Gasteiger partial charge in [0, 0.05) is 6.61 Å². The molecule has 0 heterocycles. The van der Waals surface area contributed by atoms with Crippen LogP contribution in [-0.2, 0) is 9.84 Å². The van der Waals surface area contributed by atoms with Gasteiger partial charge >= 0.3 is 0 Å². The third-order valence-electron chi connectivity index (χ3n) is 2.83. The molecule has 0 aliphatic rings. The molecular weight excluding hydrogens is 236 g/mol. The molecule has 1 rings (SSSR count). The summed E-state index contributed by atoms with van der Waals surface area (Å²) in [6.45, 7) is 1.93. The molecule has 0 saturated carbocycles. The molecule has 3 nitrogen and oxygen atoms in total. The highest BCUT2D eigenvalue weighted by molar-refractivity contribution is 7.91. The van der Waals surface area contributed by atoms with Crippen LogP contribution in [-0.4, -0.2) is 31.6 Å². The average Bonchev–Trinajstić information content (AvgIpc) is 2.35. The Balaban J connectivity index is 2.71. The summed E-state index contributed by atoms with van der Waals surface area (Å²) in [6.07, 6.45) is 1.13. The maximum atomic E-state index is 11.8. The second-order valence-corrected chi connectivity index (χ2v) is 6.44. The van der Waals surface area contributed by atoms with Crippen molar-refractivity contribution in [2.45, 2.75) is 25.7 Å². The normalized spacial score (nSPS) is 13.5. The Labute approximate surface area is 103 Å². The van der Waals surface area contributed by atoms with Crippen LogP contribution >= 0.6 is 0 Å². The lowest BCUT2D eigenvalue weighted by Gasteiger charge is -2.15. The van der Waals surface area contributed by atoms with Gasteiger partial charge in [-0.15, -0.1) is 0 Å². The minimum absolute atomic E-state index is 0.0555. The Kier molecular flexibility index (Phi) is 5.65. The van der Waals surface area contributed by atoms with Crippen LogP contribution in [0.1, 0.15) is 31.2 Å². The first kappa shape index (κ1) is 14.2. The molecule has 0 spiro atoms. The molecule has 0 aliphatic carbocycles. The van der Waals surface area contributed by atoms with E-state index in [0.717, 1.165) is 12.0 Å². The Hall–Kier alpha value is -0.870. The summed E-state index contributed by atoms with van der Waals surface area (Å²) in [4.78, 5) is 0. The van der Waals surface area contributed by atoms with E-state index < -0.39 is 9.84 Å². The van der Waals surface area contributed by atoms with Gasteiger partial charge in [0.05, 0.1) is 11.5 Å². The van der Waals surface area contributed by atoms with Gasteiger partial charge in [-0.25, -0.2) is 8.42 Å². The molecule has 0 aromatic heterocycles. The summed E-state index contributed by atoms with van der Waals surface area (Å²) in [5.74, 6) is 0.306. The van der Waals surface area contributed by atoms with Gasteiger partial charge in [-0.05, 0) is 24.3 Å². The van der Waals surface area contributed by atoms with Crippen LogP contribution < -0.4 is 0 Å². The van der Waals surface area contributed by atoms with E-state index in [1.165, 1.54) is 0 Å². The van der Waals surface area contributed by atoms with E-state index in [0.29, 0.717) is 6.42 Å². The summed E-state index contributed by atoms with van der Waals surface area (Å²) in [6, 6.07) is 9.72. The predicted octanol–water partition coefficient (Wildman–Crippen LogP) is 1.98. The van der Waals surface area contributed by atoms with Gasteiger partial charge in [-0.3, -0.25) is 0 Å². The first-order valence-electron chi connectivity index (χ1n) is 5.95. The molecule has 0 bridgehead atoms. The van der Waals surface area contributed by atoms with Gasteiger partial charge in [0.1, 0.15) is 0 Å². The van der Waals surface area contributed by atoms with Crippen LogP contribution in [0.25, 0.3) is 0 Å². The number of aliphatic hydroxyl groups excluding tert-OH is 1. The monoisotopic (exact) mass is 256 g/mol. The summed E-state index contributed by atoms with van der Waals surface area (Å²) in [5, 5.41) is 8.67. The van der Waals surface area contributed by atoms with Crippen molar-refractivity contribution in [1.82, 2.24) is 0 Å². The third kappa shape index (κ3) is 4.88. The summed E-state index contributed by atoms with van der Waals surface area (Å²) < 4.78 is 23.6. The molecule has 0 aliphatic heterocycles. The molecule has 1 aromatic rings. The maximum Gasteiger partial charge on any atom is 0.151 e. The molecule has 0 amide bonds. The van der Waals surface area contributed by atoms with Gasteiger partial charge in [-0.1, -0.05) is 37.3 Å². The van der Waals surface area contributed by atoms with Crippen molar-refractivity contribution in [3.05, 3.63) is 35.9 Å². The van der Waals surface area contributed by atoms with Crippen molar-refractivity contribution in [3.63, 3.8) is 0 Å². The highest BCUT2D eigenvalue weighted by Crippen LogP contribution is 2.21. The number of hydrogen-bond acceptors (Lipinski definition) is 3. The number of aliphatic hydroxyl groups is 1. The van der Waals surface area contributed by atoms with E-state index in [9.17, 15) is 8.42 Å². The molecule has 17 heavy (non-hydrogen) atoms. The van der Waals surface area contributed by atoms with Crippen molar-refractivity contribution in [3.8, 4) is 0 Å². The zero-order valence-electron chi connectivity index (χ0n) is 10.2. The molecule has 0 saturated heterocycles. The lowest BCUT2D eigenvalue weighted by atomic mass is 9.99. The fourth-order valence-electron chi connectivity index (χ4n) is 1.85. The van der Waals surface area contributed by atoms with Crippen molar-refractivity contribution >= 4 is 9.84 Å². The number of sulfone groups is 1. The Morgan fingerprint density at radius 1 is 1.24 bits per heavy atom. The highest BCUT2D eigenvalue weighted by atomic mass is 32.2. The van der Waals surface area contributed by atoms with Crippen LogP contribution in [0.2, 0.25) is 0 Å². The van der Waals surface area contributed by atoms with Crippen LogP contribution in [0.5, 0.6) is 0 Å². The van der Waals surface area contributed by atoms with Gasteiger partial charge < -0.3 is 5.11 Å². The van der Waals surface area contributed by atoms with Gasteiger partial charge in [-0.2, -0.15) is 0 Å². The molecule has 1 aromatic carbocycles. The maximum absolute atomic E-state index is 11.8. The van der Waals surface area contributed by atoms with E-state index >= 15 is 0 Å². The Bertz CT molecular complexity index is 412. The third-order valence-corrected chi connectivity index (χ3v) is 4.65. The fourth-order valence-corrected chi connectivity index (χ4v) is 3.63. The Morgan fingerprint density at radius 3 is 2.41 bits per heavy atom. The molecule has 1 atom stereocenters. The van der Waals surface area contributed by atoms with Crippen LogP contribution in [0.4, 0.5) is 0 Å². The lowest BCUT2D eigenvalue weighted by Crippen LogP contribution is -2.18. The summed E-state index contributed by atoms with van der Waals surface area (Å²) in [7, 11) is -3.06. The molecular formula is C13H20O3S. The average molecular weight is 256 g/mol. The van der Waals surface area contributed by atoms with Crippen LogP contribution in [0.15, 0.2) is 30.3 Å². The molecule has 96 valence electrons. The van der Waals surface area contributed by atoms with Crippen molar-refractivity contribution < 1.29 is 13.5 Å². The van der Waals surface area contributed by atoms with E-state index in [2.05, 4.69) is 0 Å². The first-order valence-corrected chi connectivity index (χ1v) is 7.77. The number of rotatable bonds is 7. The summed E-state index contributed by atoms with van der Waals surface area (Å²) in [5.41, 5.74) is 1.07. The van der Waals surface area contributed by atoms with Crippen molar-refractivity contribution in [1.29, 1.82) is 0 Å². The quantitative estimate of drug-likeness (QED) is 0.811. The zero-order valence-corrected chi connectivity index (χ0v) is 11.0. The first-order chi connectivity index (χ1) is 8.09. The second-order valence-electron chi connectivity index (χ2n) is 4.21. The molecule has 4 heteroatoms. The number of hydrogen-bond donors (Lipinski definition) is 1. The van der Waals surface area contributed by atoms with Gasteiger partial charge in [0.15, 0.2) is 9.84 Å². The molecule has 1 N–H and O–H groups in total. The van der Waals surface area contributed by atoms with E-state index in [-0.39, 0.29) is 24.0 Å². The topological polar surface area (TPSA) is 54.4 Å². The highest BCUT2D eigenvalue weighted by Gasteiger charge is 2.18. The molecule has 0 unspecified atom stereocenters. The van der Waals surface area contributed by atoms with Crippen LogP contribution in [0, 0.1) is 0 Å². The Morgan fingerprint density at radius 2 is 1.88 bits per heavy atom. The van der Waals surface area contributed by atoms with Crippen molar-refractivity contribution in [2.75, 3.05) is 18.1 Å². The minimum Gasteiger partial charge on any atom is -0.396 e. The van der Waals surface area contributed by atoms with E-state index in [4.69, 9.17) is 5.11 Å². The largest absolute Gasteiger partial charge is 0.396 e. The predicted molar refractivity (Wildman–Crippen MR) is 69.8 cm³/mol. The van der Waals surface area contributed by atoms with E-state index in [1.54, 1.807) is 0 Å². The van der Waals surface area contributed by atoms with E-state index in [1.807, 2.05) is 37.3 Å². The summed E-state index contributed by atoms with van der Waals surface area (Å²) >= 11 is 0. The van der Waals surface area contributed by atoms with Gasteiger partial charge in [0.25, 0.3) is 0 Å². The smallest absolute Gasteiger partial charge is 0.151 e. The standard InChI is InChI=1S/C13H20O3S/c1-2-12(13-7-4-3-5-8-13)11-17(15,16)10-6-9-14/h3-5,7-8,12,14H,2,6,9-11H2,1H3/t12-/m0/s1. The second kappa shape index (κ2) is 6.77. The fraction of sp³-hybridized carbons (Fsp3) is 0.538. The molecule has 0 fully saturated rings. The zero-order chi connectivity index (χ0) is 12.7.